The van der Waals surface area contributed by atoms with Crippen LogP contribution in [0.15, 0.2) is 41.8 Å². The maximum absolute atomic E-state index is 12.7. The number of carbonyl (C=O) groups is 1. The Labute approximate surface area is 145 Å². The summed E-state index contributed by atoms with van der Waals surface area (Å²) in [6, 6.07) is 10.0. The number of thiophene rings is 1. The highest BCUT2D eigenvalue weighted by atomic mass is 32.2. The minimum Gasteiger partial charge on any atom is -0.325 e. The molecule has 0 bridgehead atoms. The quantitative estimate of drug-likeness (QED) is 0.876. The van der Waals surface area contributed by atoms with Crippen LogP contribution in [0.4, 0.5) is 5.69 Å². The second kappa shape index (κ2) is 6.64. The second-order valence-electron chi connectivity index (χ2n) is 5.82. The zero-order valence-corrected chi connectivity index (χ0v) is 15.0. The standard InChI is InChI=1S/C16H19N3O3S2/c1-11-5-3-6-12(9-11)17-16(20)14-10-13(15-7-4-8-23-15)18-24(21,22)19(14)2/h3-9,13-14,18H,10H2,1-2H3,(H,17,20)/t13-,14+/m1/s1. The number of benzene rings is 1. The molecular formula is C16H19N3O3S2. The van der Waals surface area contributed by atoms with Crippen LogP contribution >= 0.6 is 11.3 Å². The number of amides is 1. The topological polar surface area (TPSA) is 78.5 Å². The van der Waals surface area contributed by atoms with Crippen LogP contribution < -0.4 is 10.0 Å². The fraction of sp³-hybridized carbons (Fsp3) is 0.312. The molecule has 24 heavy (non-hydrogen) atoms. The lowest BCUT2D eigenvalue weighted by atomic mass is 10.1. The molecule has 1 aromatic carbocycles. The molecule has 1 aliphatic heterocycles. The molecule has 2 heterocycles. The number of nitrogens with one attached hydrogen (secondary N) is 2. The smallest absolute Gasteiger partial charge is 0.280 e. The van der Waals surface area contributed by atoms with E-state index in [9.17, 15) is 13.2 Å². The van der Waals surface area contributed by atoms with E-state index in [1.165, 1.54) is 18.4 Å². The molecule has 1 saturated heterocycles. The lowest BCUT2D eigenvalue weighted by Crippen LogP contribution is -2.55. The van der Waals surface area contributed by atoms with Crippen molar-refractivity contribution < 1.29 is 13.2 Å². The minimum absolute atomic E-state index is 0.324. The van der Waals surface area contributed by atoms with Gasteiger partial charge in [-0.05, 0) is 42.5 Å². The first-order valence-electron chi connectivity index (χ1n) is 7.53. The summed E-state index contributed by atoms with van der Waals surface area (Å²) >= 11 is 1.47. The third kappa shape index (κ3) is 3.51. The van der Waals surface area contributed by atoms with Gasteiger partial charge >= 0.3 is 0 Å². The van der Waals surface area contributed by atoms with Crippen molar-refractivity contribution in [3.8, 4) is 0 Å². The molecule has 1 aromatic heterocycles. The van der Waals surface area contributed by atoms with Crippen LogP contribution in [0.2, 0.25) is 0 Å². The molecule has 6 nitrogen and oxygen atoms in total. The number of hydrogen-bond donors (Lipinski definition) is 2. The van der Waals surface area contributed by atoms with Gasteiger partial charge in [0, 0.05) is 17.6 Å². The number of aryl methyl sites for hydroxylation is 1. The third-order valence-electron chi connectivity index (χ3n) is 4.04. The first-order chi connectivity index (χ1) is 11.4. The zero-order chi connectivity index (χ0) is 17.3. The van der Waals surface area contributed by atoms with Crippen molar-refractivity contribution >= 4 is 33.1 Å². The van der Waals surface area contributed by atoms with Gasteiger partial charge < -0.3 is 5.32 Å². The molecule has 0 spiro atoms. The molecule has 0 aliphatic carbocycles. The third-order valence-corrected chi connectivity index (χ3v) is 6.62. The van der Waals surface area contributed by atoms with Gasteiger partial charge in [-0.3, -0.25) is 4.79 Å². The van der Waals surface area contributed by atoms with Gasteiger partial charge in [-0.2, -0.15) is 17.4 Å². The molecule has 0 radical (unpaired) electrons. The number of anilines is 1. The predicted molar refractivity (Wildman–Crippen MR) is 95.1 cm³/mol. The van der Waals surface area contributed by atoms with E-state index in [1.54, 1.807) is 6.07 Å². The Balaban J connectivity index is 1.83. The van der Waals surface area contributed by atoms with Crippen molar-refractivity contribution in [2.75, 3.05) is 12.4 Å². The minimum atomic E-state index is -3.70. The van der Waals surface area contributed by atoms with E-state index in [1.807, 2.05) is 42.6 Å². The van der Waals surface area contributed by atoms with E-state index < -0.39 is 16.3 Å². The Morgan fingerprint density at radius 3 is 2.79 bits per heavy atom. The Bertz CT molecular complexity index is 834. The summed E-state index contributed by atoms with van der Waals surface area (Å²) in [5.41, 5.74) is 1.69. The predicted octanol–water partition coefficient (Wildman–Crippen LogP) is 2.27. The SMILES string of the molecule is Cc1cccc(NC(=O)[C@@H]2C[C@H](c3cccs3)NS(=O)(=O)N2C)c1. The van der Waals surface area contributed by atoms with E-state index in [-0.39, 0.29) is 11.9 Å². The molecule has 8 heteroatoms. The van der Waals surface area contributed by atoms with E-state index >= 15 is 0 Å². The Hall–Kier alpha value is -1.74. The number of nitrogens with zero attached hydrogens (tertiary/aromatic N) is 1. The largest absolute Gasteiger partial charge is 0.325 e. The van der Waals surface area contributed by atoms with Crippen LogP contribution in [-0.4, -0.2) is 31.7 Å². The maximum Gasteiger partial charge on any atom is 0.280 e. The van der Waals surface area contributed by atoms with E-state index in [0.29, 0.717) is 12.1 Å². The van der Waals surface area contributed by atoms with E-state index in [4.69, 9.17) is 0 Å². The van der Waals surface area contributed by atoms with Gasteiger partial charge in [0.15, 0.2) is 0 Å². The van der Waals surface area contributed by atoms with E-state index in [2.05, 4.69) is 10.0 Å². The van der Waals surface area contributed by atoms with Crippen LogP contribution in [0, 0.1) is 6.92 Å². The highest BCUT2D eigenvalue weighted by Crippen LogP contribution is 2.30. The number of carbonyl (C=O) groups excluding carboxylic acids is 1. The second-order valence-corrected chi connectivity index (χ2v) is 8.56. The van der Waals surface area contributed by atoms with Crippen LogP contribution in [0.5, 0.6) is 0 Å². The Morgan fingerprint density at radius 1 is 1.33 bits per heavy atom. The molecule has 0 unspecified atom stereocenters. The van der Waals surface area contributed by atoms with Crippen LogP contribution in [0.3, 0.4) is 0 Å². The molecule has 128 valence electrons. The normalized spacial score (nSPS) is 23.8. The molecular weight excluding hydrogens is 346 g/mol. The fourth-order valence-electron chi connectivity index (χ4n) is 2.73. The van der Waals surface area contributed by atoms with Gasteiger partial charge in [0.05, 0.1) is 6.04 Å². The van der Waals surface area contributed by atoms with Gasteiger partial charge in [0.25, 0.3) is 10.2 Å². The van der Waals surface area contributed by atoms with Crippen molar-refractivity contribution in [2.45, 2.75) is 25.4 Å². The number of hydrogen-bond acceptors (Lipinski definition) is 4. The lowest BCUT2D eigenvalue weighted by molar-refractivity contribution is -0.120. The molecule has 1 aliphatic rings. The summed E-state index contributed by atoms with van der Waals surface area (Å²) in [6.07, 6.45) is 0.383. The number of rotatable bonds is 3. The molecule has 0 saturated carbocycles. The Kier molecular flexibility index (Phi) is 4.73. The van der Waals surface area contributed by atoms with Crippen molar-refractivity contribution in [3.63, 3.8) is 0 Å². The molecule has 3 rings (SSSR count). The van der Waals surface area contributed by atoms with Crippen LogP contribution in [0.25, 0.3) is 0 Å². The summed E-state index contributed by atoms with van der Waals surface area (Å²) in [5, 5.41) is 4.71. The van der Waals surface area contributed by atoms with Gasteiger partial charge in [0.1, 0.15) is 6.04 Å². The monoisotopic (exact) mass is 365 g/mol. The van der Waals surface area contributed by atoms with Crippen LogP contribution in [0.1, 0.15) is 22.9 Å². The molecule has 2 N–H and O–H groups in total. The van der Waals surface area contributed by atoms with Crippen molar-refractivity contribution in [3.05, 3.63) is 52.2 Å². The molecule has 2 aromatic rings. The van der Waals surface area contributed by atoms with Crippen molar-refractivity contribution in [1.29, 1.82) is 0 Å². The molecule has 1 amide bonds. The van der Waals surface area contributed by atoms with Gasteiger partial charge in [0.2, 0.25) is 5.91 Å². The van der Waals surface area contributed by atoms with Crippen molar-refractivity contribution in [2.24, 2.45) is 0 Å². The van der Waals surface area contributed by atoms with Gasteiger partial charge in [-0.15, -0.1) is 11.3 Å². The fourth-order valence-corrected chi connectivity index (χ4v) is 4.87. The first-order valence-corrected chi connectivity index (χ1v) is 9.85. The average Bonchev–Trinajstić information content (AvgIpc) is 3.04. The highest BCUT2D eigenvalue weighted by Gasteiger charge is 2.40. The van der Waals surface area contributed by atoms with Gasteiger partial charge in [-0.25, -0.2) is 0 Å². The first kappa shape index (κ1) is 17.1. The lowest BCUT2D eigenvalue weighted by Gasteiger charge is -2.35. The van der Waals surface area contributed by atoms with Crippen molar-refractivity contribution in [1.82, 2.24) is 9.03 Å². The van der Waals surface area contributed by atoms with E-state index in [0.717, 1.165) is 14.7 Å². The highest BCUT2D eigenvalue weighted by molar-refractivity contribution is 7.87. The molecule has 1 fully saturated rings. The number of likely N-dealkylation sites (N-methyl/N-ethyl adjacent to an activating group) is 1. The van der Waals surface area contributed by atoms with Gasteiger partial charge in [-0.1, -0.05) is 18.2 Å². The summed E-state index contributed by atoms with van der Waals surface area (Å²) < 4.78 is 28.4. The van der Waals surface area contributed by atoms with Crippen LogP contribution in [-0.2, 0) is 15.0 Å². The molecule has 2 atom stereocenters. The average molecular weight is 365 g/mol. The summed E-state index contributed by atoms with van der Waals surface area (Å²) in [6.45, 7) is 1.93. The summed E-state index contributed by atoms with van der Waals surface area (Å²) in [5.74, 6) is -0.324. The maximum atomic E-state index is 12.7. The summed E-state index contributed by atoms with van der Waals surface area (Å²) in [4.78, 5) is 13.6. The zero-order valence-electron chi connectivity index (χ0n) is 13.4. The summed E-state index contributed by atoms with van der Waals surface area (Å²) in [7, 11) is -2.28. The Morgan fingerprint density at radius 2 is 2.12 bits per heavy atom.